The molecule has 0 fully saturated rings. The molecule has 0 spiro atoms. The molecule has 13 heavy (non-hydrogen) atoms. The Morgan fingerprint density at radius 2 is 0.692 bits per heavy atom. The van der Waals surface area contributed by atoms with Gasteiger partial charge in [-0.2, -0.15) is 0 Å². The quantitative estimate of drug-likeness (QED) is 0.300. The van der Waals surface area contributed by atoms with E-state index in [1.165, 1.54) is 0 Å². The minimum atomic E-state index is 0. The average molecular weight is 235 g/mol. The Bertz CT molecular complexity index is 141. The molecule has 8 nitrogen and oxygen atoms in total. The van der Waals surface area contributed by atoms with E-state index in [2.05, 4.69) is 20.6 Å². The fourth-order valence-corrected chi connectivity index (χ4v) is 0.119. The standard InChI is InChI=1S/2C2H4N2O2.Co/c2*5-3-1-2-4-6;/h2*1-2,5-6H;. The van der Waals surface area contributed by atoms with Crippen LogP contribution in [-0.4, -0.2) is 45.7 Å². The maximum absolute atomic E-state index is 7.56. The SMILES string of the molecule is ON=CC=NO.ON=CC=NO.[Co]. The van der Waals surface area contributed by atoms with Gasteiger partial charge in [-0.15, -0.1) is 0 Å². The van der Waals surface area contributed by atoms with Gasteiger partial charge in [0.1, 0.15) is 0 Å². The number of rotatable bonds is 2. The maximum Gasteiger partial charge on any atom is 0.0877 e. The number of hydrogen-bond acceptors (Lipinski definition) is 8. The molecular weight excluding hydrogens is 227 g/mol. The average Bonchev–Trinajstić information content (AvgIpc) is 2.12. The van der Waals surface area contributed by atoms with Crippen LogP contribution in [0.4, 0.5) is 0 Å². The van der Waals surface area contributed by atoms with Gasteiger partial charge in [-0.1, -0.05) is 20.6 Å². The molecule has 4 N–H and O–H groups in total. The zero-order chi connectivity index (χ0) is 9.66. The fraction of sp³-hybridized carbons (Fsp3) is 0. The second-order valence-corrected chi connectivity index (χ2v) is 1.06. The number of nitrogens with zero attached hydrogens (tertiary/aromatic N) is 4. The monoisotopic (exact) mass is 235 g/mol. The van der Waals surface area contributed by atoms with E-state index in [1.807, 2.05) is 0 Å². The van der Waals surface area contributed by atoms with E-state index in [-0.39, 0.29) is 16.8 Å². The smallest absolute Gasteiger partial charge is 0.0877 e. The van der Waals surface area contributed by atoms with Crippen LogP contribution in [0, 0.1) is 0 Å². The molecule has 0 rings (SSSR count). The second kappa shape index (κ2) is 22.4. The van der Waals surface area contributed by atoms with Gasteiger partial charge in [0, 0.05) is 16.8 Å². The predicted octanol–water partition coefficient (Wildman–Crippen LogP) is -0.190. The summed E-state index contributed by atoms with van der Waals surface area (Å²) in [7, 11) is 0. The van der Waals surface area contributed by atoms with Gasteiger partial charge >= 0.3 is 0 Å². The van der Waals surface area contributed by atoms with E-state index in [1.54, 1.807) is 0 Å². The summed E-state index contributed by atoms with van der Waals surface area (Å²) in [6.07, 6.45) is 3.78. The molecule has 77 valence electrons. The van der Waals surface area contributed by atoms with Crippen LogP contribution in [0.25, 0.3) is 0 Å². The Morgan fingerprint density at radius 3 is 0.769 bits per heavy atom. The molecule has 0 aliphatic rings. The molecule has 0 aromatic carbocycles. The van der Waals surface area contributed by atoms with Gasteiger partial charge in [-0.3, -0.25) is 0 Å². The molecule has 1 radical (unpaired) electrons. The van der Waals surface area contributed by atoms with Crippen molar-refractivity contribution in [3.8, 4) is 0 Å². The zero-order valence-electron chi connectivity index (χ0n) is 6.22. The van der Waals surface area contributed by atoms with Crippen molar-refractivity contribution in [1.82, 2.24) is 0 Å². The molecule has 0 aromatic rings. The zero-order valence-corrected chi connectivity index (χ0v) is 7.26. The molecule has 0 amide bonds. The summed E-state index contributed by atoms with van der Waals surface area (Å²) in [5.74, 6) is 0. The van der Waals surface area contributed by atoms with E-state index in [0.717, 1.165) is 24.9 Å². The number of hydrogen-bond donors (Lipinski definition) is 4. The van der Waals surface area contributed by atoms with Crippen LogP contribution in [-0.2, 0) is 16.8 Å². The summed E-state index contributed by atoms with van der Waals surface area (Å²) in [6, 6.07) is 0. The van der Waals surface area contributed by atoms with Crippen molar-refractivity contribution in [2.75, 3.05) is 0 Å². The summed E-state index contributed by atoms with van der Waals surface area (Å²) < 4.78 is 0. The Kier molecular flexibility index (Phi) is 30.1. The van der Waals surface area contributed by atoms with E-state index in [4.69, 9.17) is 20.8 Å². The van der Waals surface area contributed by atoms with Crippen LogP contribution in [0.15, 0.2) is 20.6 Å². The van der Waals surface area contributed by atoms with Gasteiger partial charge in [0.05, 0.1) is 24.9 Å². The van der Waals surface area contributed by atoms with Gasteiger partial charge in [-0.05, 0) is 0 Å². The Hall–Kier alpha value is -1.61. The van der Waals surface area contributed by atoms with Crippen molar-refractivity contribution in [1.29, 1.82) is 0 Å². The molecule has 0 saturated heterocycles. The van der Waals surface area contributed by atoms with Gasteiger partial charge in [0.15, 0.2) is 0 Å². The summed E-state index contributed by atoms with van der Waals surface area (Å²) in [5, 5.41) is 40.2. The molecular formula is C4H8CoN4O4. The van der Waals surface area contributed by atoms with Gasteiger partial charge in [0.2, 0.25) is 0 Å². The van der Waals surface area contributed by atoms with E-state index >= 15 is 0 Å². The van der Waals surface area contributed by atoms with Crippen LogP contribution >= 0.6 is 0 Å². The van der Waals surface area contributed by atoms with Crippen molar-refractivity contribution in [2.24, 2.45) is 20.6 Å². The topological polar surface area (TPSA) is 130 Å². The van der Waals surface area contributed by atoms with E-state index in [0.29, 0.717) is 0 Å². The van der Waals surface area contributed by atoms with Crippen molar-refractivity contribution in [3.63, 3.8) is 0 Å². The molecule has 0 aliphatic carbocycles. The summed E-state index contributed by atoms with van der Waals surface area (Å²) >= 11 is 0. The Balaban J connectivity index is -0.000000143. The number of oxime groups is 4. The first-order valence-electron chi connectivity index (χ1n) is 2.50. The third-order valence-electron chi connectivity index (χ3n) is 0.400. The normalized spacial score (nSPS) is 10.5. The van der Waals surface area contributed by atoms with Crippen molar-refractivity contribution < 1.29 is 37.6 Å². The molecule has 0 aromatic heterocycles. The fourth-order valence-electron chi connectivity index (χ4n) is 0.119. The van der Waals surface area contributed by atoms with Gasteiger partial charge in [0.25, 0.3) is 0 Å². The molecule has 0 unspecified atom stereocenters. The minimum absolute atomic E-state index is 0. The summed E-state index contributed by atoms with van der Waals surface area (Å²) in [5.41, 5.74) is 0. The largest absolute Gasteiger partial charge is 0.411 e. The Morgan fingerprint density at radius 1 is 0.538 bits per heavy atom. The van der Waals surface area contributed by atoms with Crippen LogP contribution in [0.3, 0.4) is 0 Å². The van der Waals surface area contributed by atoms with Crippen LogP contribution < -0.4 is 0 Å². The first kappa shape index (κ1) is 17.5. The molecule has 0 heterocycles. The molecule has 0 saturated carbocycles. The van der Waals surface area contributed by atoms with Crippen molar-refractivity contribution >= 4 is 24.9 Å². The predicted molar refractivity (Wildman–Crippen MR) is 41.1 cm³/mol. The van der Waals surface area contributed by atoms with Gasteiger partial charge < -0.3 is 20.8 Å². The molecule has 0 bridgehead atoms. The van der Waals surface area contributed by atoms with E-state index < -0.39 is 0 Å². The minimum Gasteiger partial charge on any atom is -0.411 e. The third-order valence-corrected chi connectivity index (χ3v) is 0.400. The van der Waals surface area contributed by atoms with Crippen LogP contribution in [0.1, 0.15) is 0 Å². The summed E-state index contributed by atoms with van der Waals surface area (Å²) in [4.78, 5) is 0. The third kappa shape index (κ3) is 38.0. The first-order chi connectivity index (χ1) is 5.83. The van der Waals surface area contributed by atoms with E-state index in [9.17, 15) is 0 Å². The van der Waals surface area contributed by atoms with Crippen molar-refractivity contribution in [2.45, 2.75) is 0 Å². The molecule has 0 atom stereocenters. The Labute approximate surface area is 83.7 Å². The maximum atomic E-state index is 7.56. The summed E-state index contributed by atoms with van der Waals surface area (Å²) in [6.45, 7) is 0. The first-order valence-corrected chi connectivity index (χ1v) is 2.50. The van der Waals surface area contributed by atoms with Crippen LogP contribution in [0.5, 0.6) is 0 Å². The van der Waals surface area contributed by atoms with Gasteiger partial charge in [-0.25, -0.2) is 0 Å². The van der Waals surface area contributed by atoms with Crippen LogP contribution in [0.2, 0.25) is 0 Å². The molecule has 9 heteroatoms. The van der Waals surface area contributed by atoms with Crippen molar-refractivity contribution in [3.05, 3.63) is 0 Å². The second-order valence-electron chi connectivity index (χ2n) is 1.06. The molecule has 0 aliphatic heterocycles.